The molecule has 12 heavy (non-hydrogen) atoms. The van der Waals surface area contributed by atoms with Gasteiger partial charge >= 0.3 is 0 Å². The van der Waals surface area contributed by atoms with Gasteiger partial charge in [0.05, 0.1) is 6.20 Å². The summed E-state index contributed by atoms with van der Waals surface area (Å²) in [6.07, 6.45) is 1.46. The van der Waals surface area contributed by atoms with Crippen LogP contribution in [-0.2, 0) is 6.54 Å². The number of aryl methyl sites for hydroxylation is 1. The number of aromatic nitrogens is 3. The van der Waals surface area contributed by atoms with Gasteiger partial charge in [-0.1, -0.05) is 11.8 Å². The minimum atomic E-state index is -0.0955. The quantitative estimate of drug-likeness (QED) is 0.497. The van der Waals surface area contributed by atoms with Crippen molar-refractivity contribution in [2.24, 2.45) is 0 Å². The standard InChI is InChI=1S/C8H11N3O/c1-4-11-7(5-9-10-11)8(12)6(2)3/h5H,2,4H2,1,3H3. The summed E-state index contributed by atoms with van der Waals surface area (Å²) in [7, 11) is 0. The monoisotopic (exact) mass is 165 g/mol. The summed E-state index contributed by atoms with van der Waals surface area (Å²) in [6, 6.07) is 0. The first kappa shape index (κ1) is 8.64. The fourth-order valence-corrected chi connectivity index (χ4v) is 0.886. The van der Waals surface area contributed by atoms with Crippen LogP contribution in [0.25, 0.3) is 0 Å². The van der Waals surface area contributed by atoms with E-state index in [1.807, 2.05) is 6.92 Å². The molecule has 64 valence electrons. The lowest BCUT2D eigenvalue weighted by atomic mass is 10.2. The van der Waals surface area contributed by atoms with Crippen LogP contribution in [0, 0.1) is 0 Å². The SMILES string of the molecule is C=C(C)C(=O)c1cnnn1CC. The highest BCUT2D eigenvalue weighted by Gasteiger charge is 2.11. The molecule has 0 atom stereocenters. The highest BCUT2D eigenvalue weighted by Crippen LogP contribution is 2.03. The number of nitrogens with zero attached hydrogens (tertiary/aromatic N) is 3. The summed E-state index contributed by atoms with van der Waals surface area (Å²) >= 11 is 0. The zero-order chi connectivity index (χ0) is 9.14. The van der Waals surface area contributed by atoms with Crippen molar-refractivity contribution in [1.82, 2.24) is 15.0 Å². The summed E-state index contributed by atoms with van der Waals surface area (Å²) in [5, 5.41) is 7.39. The minimum absolute atomic E-state index is 0.0955. The zero-order valence-electron chi connectivity index (χ0n) is 7.24. The number of carbonyl (C=O) groups excluding carboxylic acids is 1. The molecule has 0 fully saturated rings. The van der Waals surface area contributed by atoms with E-state index in [2.05, 4.69) is 16.9 Å². The van der Waals surface area contributed by atoms with Crippen molar-refractivity contribution >= 4 is 5.78 Å². The van der Waals surface area contributed by atoms with Gasteiger partial charge in [0.15, 0.2) is 0 Å². The normalized spacial score (nSPS) is 9.83. The average molecular weight is 165 g/mol. The number of Topliss-reactive ketones (excluding diaryl/α,β-unsaturated/α-hetero) is 1. The van der Waals surface area contributed by atoms with E-state index in [0.29, 0.717) is 17.8 Å². The van der Waals surface area contributed by atoms with Crippen LogP contribution < -0.4 is 0 Å². The topological polar surface area (TPSA) is 47.8 Å². The molecule has 0 aliphatic carbocycles. The van der Waals surface area contributed by atoms with Gasteiger partial charge in [0.2, 0.25) is 5.78 Å². The molecule has 0 bridgehead atoms. The largest absolute Gasteiger partial charge is 0.287 e. The Hall–Kier alpha value is -1.45. The van der Waals surface area contributed by atoms with E-state index in [1.165, 1.54) is 6.20 Å². The molecule has 0 unspecified atom stereocenters. The molecule has 0 spiro atoms. The Labute approximate surface area is 70.9 Å². The molecule has 1 aromatic heterocycles. The fourth-order valence-electron chi connectivity index (χ4n) is 0.886. The van der Waals surface area contributed by atoms with Crippen LogP contribution in [-0.4, -0.2) is 20.8 Å². The van der Waals surface area contributed by atoms with Crippen LogP contribution >= 0.6 is 0 Å². The molecule has 0 aliphatic rings. The van der Waals surface area contributed by atoms with Crippen LogP contribution in [0.15, 0.2) is 18.3 Å². The maximum absolute atomic E-state index is 11.4. The lowest BCUT2D eigenvalue weighted by Crippen LogP contribution is -2.09. The first-order chi connectivity index (χ1) is 5.66. The highest BCUT2D eigenvalue weighted by molar-refractivity contribution is 6.06. The third-order valence-corrected chi connectivity index (χ3v) is 1.54. The Bertz CT molecular complexity index is 314. The lowest BCUT2D eigenvalue weighted by Gasteiger charge is -2.00. The van der Waals surface area contributed by atoms with Gasteiger partial charge < -0.3 is 0 Å². The number of ketones is 1. The molecule has 0 aliphatic heterocycles. The number of hydrogen-bond acceptors (Lipinski definition) is 3. The third kappa shape index (κ3) is 1.42. The van der Waals surface area contributed by atoms with E-state index in [4.69, 9.17) is 0 Å². The molecule has 1 aromatic rings. The second-order valence-corrected chi connectivity index (χ2v) is 2.54. The van der Waals surface area contributed by atoms with Crippen molar-refractivity contribution in [3.63, 3.8) is 0 Å². The Kier molecular flexibility index (Phi) is 2.38. The van der Waals surface area contributed by atoms with Gasteiger partial charge in [-0.25, -0.2) is 4.68 Å². The predicted molar refractivity (Wildman–Crippen MR) is 44.8 cm³/mol. The van der Waals surface area contributed by atoms with Crippen molar-refractivity contribution in [3.8, 4) is 0 Å². The van der Waals surface area contributed by atoms with Gasteiger partial charge in [-0.15, -0.1) is 5.10 Å². The smallest absolute Gasteiger partial charge is 0.207 e. The molecule has 4 heteroatoms. The van der Waals surface area contributed by atoms with E-state index in [-0.39, 0.29) is 5.78 Å². The Morgan fingerprint density at radius 3 is 2.92 bits per heavy atom. The van der Waals surface area contributed by atoms with Gasteiger partial charge in [0.25, 0.3) is 0 Å². The van der Waals surface area contributed by atoms with Crippen LogP contribution in [0.4, 0.5) is 0 Å². The zero-order valence-corrected chi connectivity index (χ0v) is 7.24. The number of rotatable bonds is 3. The number of allylic oxidation sites excluding steroid dienone is 1. The second kappa shape index (κ2) is 3.30. The predicted octanol–water partition coefficient (Wildman–Crippen LogP) is 1.06. The van der Waals surface area contributed by atoms with E-state index in [1.54, 1.807) is 11.6 Å². The van der Waals surface area contributed by atoms with Gasteiger partial charge in [0.1, 0.15) is 5.69 Å². The van der Waals surface area contributed by atoms with Gasteiger partial charge in [0, 0.05) is 6.54 Å². The maximum atomic E-state index is 11.4. The molecule has 0 radical (unpaired) electrons. The molecule has 0 saturated heterocycles. The summed E-state index contributed by atoms with van der Waals surface area (Å²) in [5.74, 6) is -0.0955. The molecule has 0 aromatic carbocycles. The van der Waals surface area contributed by atoms with Crippen molar-refractivity contribution in [2.45, 2.75) is 20.4 Å². The first-order valence-corrected chi connectivity index (χ1v) is 3.75. The van der Waals surface area contributed by atoms with E-state index < -0.39 is 0 Å². The van der Waals surface area contributed by atoms with E-state index in [0.717, 1.165) is 0 Å². The molecule has 0 amide bonds. The highest BCUT2D eigenvalue weighted by atomic mass is 16.1. The van der Waals surface area contributed by atoms with E-state index in [9.17, 15) is 4.79 Å². The van der Waals surface area contributed by atoms with Crippen molar-refractivity contribution in [3.05, 3.63) is 24.0 Å². The third-order valence-electron chi connectivity index (χ3n) is 1.54. The average Bonchev–Trinajstić information content (AvgIpc) is 2.49. The Balaban J connectivity index is 3.02. The van der Waals surface area contributed by atoms with Crippen LogP contribution in [0.5, 0.6) is 0 Å². The van der Waals surface area contributed by atoms with E-state index >= 15 is 0 Å². The summed E-state index contributed by atoms with van der Waals surface area (Å²) < 4.78 is 1.55. The Morgan fingerprint density at radius 2 is 2.42 bits per heavy atom. The summed E-state index contributed by atoms with van der Waals surface area (Å²) in [4.78, 5) is 11.4. The first-order valence-electron chi connectivity index (χ1n) is 3.75. The Morgan fingerprint density at radius 1 is 1.75 bits per heavy atom. The minimum Gasteiger partial charge on any atom is -0.287 e. The van der Waals surface area contributed by atoms with Gasteiger partial charge in [-0.05, 0) is 19.4 Å². The maximum Gasteiger partial charge on any atom is 0.207 e. The molecule has 4 nitrogen and oxygen atoms in total. The molecule has 0 saturated carbocycles. The molecule has 0 N–H and O–H groups in total. The second-order valence-electron chi connectivity index (χ2n) is 2.54. The molecular weight excluding hydrogens is 154 g/mol. The summed E-state index contributed by atoms with van der Waals surface area (Å²) in [5.41, 5.74) is 1.01. The van der Waals surface area contributed by atoms with Crippen LogP contribution in [0.2, 0.25) is 0 Å². The van der Waals surface area contributed by atoms with Crippen molar-refractivity contribution in [2.75, 3.05) is 0 Å². The number of hydrogen-bond donors (Lipinski definition) is 0. The molecule has 1 heterocycles. The van der Waals surface area contributed by atoms with Gasteiger partial charge in [-0.2, -0.15) is 0 Å². The summed E-state index contributed by atoms with van der Waals surface area (Å²) in [6.45, 7) is 7.80. The molecular formula is C8H11N3O. The lowest BCUT2D eigenvalue weighted by molar-refractivity contribution is 0.102. The number of carbonyl (C=O) groups is 1. The fraction of sp³-hybridized carbons (Fsp3) is 0.375. The van der Waals surface area contributed by atoms with Gasteiger partial charge in [-0.3, -0.25) is 4.79 Å². The van der Waals surface area contributed by atoms with Crippen LogP contribution in [0.1, 0.15) is 24.3 Å². The van der Waals surface area contributed by atoms with Crippen molar-refractivity contribution in [1.29, 1.82) is 0 Å². The molecule has 1 rings (SSSR count). The van der Waals surface area contributed by atoms with Crippen molar-refractivity contribution < 1.29 is 4.79 Å². The van der Waals surface area contributed by atoms with Crippen LogP contribution in [0.3, 0.4) is 0 Å².